The predicted octanol–water partition coefficient (Wildman–Crippen LogP) is 5.18. The second-order valence-electron chi connectivity index (χ2n) is 10.1. The Balaban J connectivity index is 0.000000288. The first-order valence-electron chi connectivity index (χ1n) is 15.6. The molecule has 4 rings (SSSR count). The van der Waals surface area contributed by atoms with Crippen molar-refractivity contribution in [2.75, 3.05) is 37.9 Å². The van der Waals surface area contributed by atoms with Crippen LogP contribution in [0.2, 0.25) is 0 Å². The number of esters is 4. The van der Waals surface area contributed by atoms with Gasteiger partial charge in [0.15, 0.2) is 11.3 Å². The van der Waals surface area contributed by atoms with Crippen LogP contribution in [-0.4, -0.2) is 70.1 Å². The summed E-state index contributed by atoms with van der Waals surface area (Å²) in [5.74, 6) is -4.10. The van der Waals surface area contributed by atoms with Gasteiger partial charge in [-0.25, -0.2) is 29.1 Å². The minimum atomic E-state index is -1.15. The summed E-state index contributed by atoms with van der Waals surface area (Å²) in [7, 11) is 0. The molecule has 0 saturated carbocycles. The van der Waals surface area contributed by atoms with Crippen molar-refractivity contribution in [1.29, 1.82) is 0 Å². The summed E-state index contributed by atoms with van der Waals surface area (Å²) in [5.41, 5.74) is 10.4. The van der Waals surface area contributed by atoms with Crippen molar-refractivity contribution in [2.24, 2.45) is 0 Å². The minimum Gasteiger partial charge on any atom is -0.462 e. The molecule has 52 heavy (non-hydrogen) atoms. The molecule has 0 bridgehead atoms. The number of ether oxygens (including phenoxy) is 4. The van der Waals surface area contributed by atoms with Crippen molar-refractivity contribution in [2.45, 2.75) is 27.7 Å². The lowest BCUT2D eigenvalue weighted by atomic mass is 10.0. The summed E-state index contributed by atoms with van der Waals surface area (Å²) in [6.45, 7) is 6.51. The van der Waals surface area contributed by atoms with Gasteiger partial charge in [-0.2, -0.15) is 0 Å². The summed E-state index contributed by atoms with van der Waals surface area (Å²) in [6, 6.07) is 15.4. The number of benzene rings is 2. The van der Waals surface area contributed by atoms with Crippen LogP contribution in [-0.2, 0) is 18.9 Å². The third kappa shape index (κ3) is 9.17. The standard InChI is InChI=1S/C17H16N4O8.C17H18N2O4/c1-3-28-16(22)11-12(17(23)29-4-2)15(18)19-13(14(11)21(26)27)9-5-7-10(8-6-9)20(24)25;1-3-22-16(20)12-10-13(11-8-6-5-7-9-11)19-15(18)14(12)17(21)23-4-2/h5-8H,3-4H2,1-2H3,(H2,18,19);5-10H,3-4H2,1-2H3,(H2,18,19). The fraction of sp³-hybridized carbons (Fsp3) is 0.235. The molecule has 0 amide bonds. The van der Waals surface area contributed by atoms with E-state index in [0.29, 0.717) is 5.69 Å². The van der Waals surface area contributed by atoms with Crippen LogP contribution < -0.4 is 11.5 Å². The summed E-state index contributed by atoms with van der Waals surface area (Å²) in [4.78, 5) is 78.2. The number of hydrogen-bond acceptors (Lipinski definition) is 16. The monoisotopic (exact) mass is 718 g/mol. The largest absolute Gasteiger partial charge is 0.462 e. The third-order valence-electron chi connectivity index (χ3n) is 6.78. The number of nitrogen functional groups attached to an aromatic ring is 2. The van der Waals surface area contributed by atoms with Crippen molar-refractivity contribution < 1.29 is 48.0 Å². The number of nitro benzene ring substituents is 1. The summed E-state index contributed by atoms with van der Waals surface area (Å²) in [6.07, 6.45) is 0. The summed E-state index contributed by atoms with van der Waals surface area (Å²) < 4.78 is 19.7. The first kappa shape index (κ1) is 39.5. The molecule has 0 aliphatic heterocycles. The Bertz CT molecular complexity index is 1990. The van der Waals surface area contributed by atoms with E-state index >= 15 is 0 Å². The number of nitrogens with zero attached hydrogens (tertiary/aromatic N) is 4. The van der Waals surface area contributed by atoms with E-state index in [9.17, 15) is 39.4 Å². The molecule has 0 radical (unpaired) electrons. The van der Waals surface area contributed by atoms with E-state index < -0.39 is 56.4 Å². The van der Waals surface area contributed by atoms with Gasteiger partial charge >= 0.3 is 29.6 Å². The van der Waals surface area contributed by atoms with E-state index in [0.717, 1.165) is 17.7 Å². The van der Waals surface area contributed by atoms with Crippen molar-refractivity contribution in [1.82, 2.24) is 9.97 Å². The number of non-ortho nitro benzene ring substituents is 1. The quantitative estimate of drug-likeness (QED) is 0.0826. The Morgan fingerprint density at radius 1 is 0.615 bits per heavy atom. The van der Waals surface area contributed by atoms with Crippen LogP contribution in [0.5, 0.6) is 0 Å². The molecule has 2 heterocycles. The zero-order chi connectivity index (χ0) is 38.5. The van der Waals surface area contributed by atoms with Crippen molar-refractivity contribution in [3.8, 4) is 22.5 Å². The van der Waals surface area contributed by atoms with Crippen molar-refractivity contribution in [3.05, 3.63) is 103 Å². The number of anilines is 2. The molecule has 4 N–H and O–H groups in total. The second kappa shape index (κ2) is 18.1. The van der Waals surface area contributed by atoms with Crippen LogP contribution >= 0.6 is 0 Å². The molecule has 0 saturated heterocycles. The normalized spacial score (nSPS) is 10.2. The van der Waals surface area contributed by atoms with E-state index in [1.54, 1.807) is 13.8 Å². The number of rotatable bonds is 12. The SMILES string of the molecule is CCOC(=O)c1c(N)nc(-c2ccc([N+](=O)[O-])cc2)c([N+](=O)[O-])c1C(=O)OCC.CCOC(=O)c1cc(-c2ccccc2)nc(N)c1C(=O)OCC. The number of nitro groups is 2. The van der Waals surface area contributed by atoms with Gasteiger partial charge < -0.3 is 30.4 Å². The topological polar surface area (TPSA) is 269 Å². The molecule has 2 aromatic heterocycles. The molecular weight excluding hydrogens is 684 g/mol. The molecule has 2 aromatic carbocycles. The zero-order valence-electron chi connectivity index (χ0n) is 28.4. The van der Waals surface area contributed by atoms with Gasteiger partial charge in [0.2, 0.25) is 0 Å². The molecule has 0 aliphatic carbocycles. The smallest absolute Gasteiger partial charge is 0.346 e. The average molecular weight is 719 g/mol. The Hall–Kier alpha value is -6.98. The lowest BCUT2D eigenvalue weighted by molar-refractivity contribution is -0.385. The number of pyridine rings is 2. The number of aromatic nitrogens is 2. The van der Waals surface area contributed by atoms with E-state index in [1.807, 2.05) is 30.3 Å². The Kier molecular flexibility index (Phi) is 13.8. The molecule has 0 aliphatic rings. The Morgan fingerprint density at radius 2 is 1.10 bits per heavy atom. The van der Waals surface area contributed by atoms with Crippen LogP contribution in [0.15, 0.2) is 60.7 Å². The van der Waals surface area contributed by atoms with Gasteiger partial charge in [0, 0.05) is 23.3 Å². The maximum Gasteiger partial charge on any atom is 0.346 e. The van der Waals surface area contributed by atoms with Gasteiger partial charge in [0.1, 0.15) is 22.8 Å². The maximum absolute atomic E-state index is 12.5. The van der Waals surface area contributed by atoms with Crippen LogP contribution in [0.1, 0.15) is 69.1 Å². The van der Waals surface area contributed by atoms with Gasteiger partial charge in [-0.1, -0.05) is 30.3 Å². The summed E-state index contributed by atoms with van der Waals surface area (Å²) in [5, 5.41) is 22.6. The molecule has 0 fully saturated rings. The zero-order valence-corrected chi connectivity index (χ0v) is 28.4. The number of carbonyl (C=O) groups is 4. The molecule has 0 spiro atoms. The molecular formula is C34H34N6O12. The maximum atomic E-state index is 12.5. The highest BCUT2D eigenvalue weighted by atomic mass is 16.6. The van der Waals surface area contributed by atoms with Crippen LogP contribution in [0, 0.1) is 20.2 Å². The molecule has 18 nitrogen and oxygen atoms in total. The molecule has 4 aromatic rings. The third-order valence-corrected chi connectivity index (χ3v) is 6.78. The lowest BCUT2D eigenvalue weighted by Gasteiger charge is -2.13. The molecule has 272 valence electrons. The summed E-state index contributed by atoms with van der Waals surface area (Å²) >= 11 is 0. The van der Waals surface area contributed by atoms with Gasteiger partial charge in [-0.3, -0.25) is 20.2 Å². The first-order chi connectivity index (χ1) is 24.8. The van der Waals surface area contributed by atoms with Gasteiger partial charge in [-0.15, -0.1) is 0 Å². The number of hydrogen-bond donors (Lipinski definition) is 2. The van der Waals surface area contributed by atoms with E-state index in [1.165, 1.54) is 32.0 Å². The number of nitrogens with two attached hydrogens (primary N) is 2. The van der Waals surface area contributed by atoms with E-state index in [4.69, 9.17) is 30.4 Å². The van der Waals surface area contributed by atoms with Gasteiger partial charge in [-0.05, 0) is 45.9 Å². The molecule has 0 unspecified atom stereocenters. The van der Waals surface area contributed by atoms with Gasteiger partial charge in [0.05, 0.1) is 47.5 Å². The lowest BCUT2D eigenvalue weighted by Crippen LogP contribution is -2.20. The van der Waals surface area contributed by atoms with E-state index in [2.05, 4.69) is 9.97 Å². The highest BCUT2D eigenvalue weighted by Gasteiger charge is 2.36. The fourth-order valence-electron chi connectivity index (χ4n) is 4.64. The Morgan fingerprint density at radius 3 is 1.60 bits per heavy atom. The van der Waals surface area contributed by atoms with Crippen LogP contribution in [0.4, 0.5) is 23.0 Å². The van der Waals surface area contributed by atoms with Gasteiger partial charge in [0.25, 0.3) is 5.69 Å². The second-order valence-corrected chi connectivity index (χ2v) is 10.1. The fourth-order valence-corrected chi connectivity index (χ4v) is 4.64. The van der Waals surface area contributed by atoms with Crippen LogP contribution in [0.3, 0.4) is 0 Å². The van der Waals surface area contributed by atoms with Crippen LogP contribution in [0.25, 0.3) is 22.5 Å². The number of carbonyl (C=O) groups excluding carboxylic acids is 4. The van der Waals surface area contributed by atoms with Crippen molar-refractivity contribution >= 4 is 46.9 Å². The highest BCUT2D eigenvalue weighted by Crippen LogP contribution is 2.37. The van der Waals surface area contributed by atoms with E-state index in [-0.39, 0.29) is 60.3 Å². The average Bonchev–Trinajstić information content (AvgIpc) is 3.11. The van der Waals surface area contributed by atoms with Crippen molar-refractivity contribution in [3.63, 3.8) is 0 Å². The predicted molar refractivity (Wildman–Crippen MR) is 185 cm³/mol. The minimum absolute atomic E-state index is 0.0525. The molecule has 18 heteroatoms. The first-order valence-corrected chi connectivity index (χ1v) is 15.6. The Labute approximate surface area is 296 Å². The molecule has 0 atom stereocenters. The highest BCUT2D eigenvalue weighted by molar-refractivity contribution is 6.10.